The Bertz CT molecular complexity index is 1310. The van der Waals surface area contributed by atoms with Crippen molar-refractivity contribution < 1.29 is 9.59 Å². The number of carbonyl (C=O) groups is 2. The molecule has 0 saturated heterocycles. The molecule has 1 amide bonds. The first kappa shape index (κ1) is 21.8. The molecule has 0 aliphatic carbocycles. The topological polar surface area (TPSA) is 76.9 Å². The lowest BCUT2D eigenvalue weighted by atomic mass is 10.00. The van der Waals surface area contributed by atoms with E-state index in [1.54, 1.807) is 23.0 Å². The Balaban J connectivity index is 1.52. The predicted molar refractivity (Wildman–Crippen MR) is 131 cm³/mol. The second-order valence-corrected chi connectivity index (χ2v) is 8.66. The van der Waals surface area contributed by atoms with E-state index in [1.165, 1.54) is 11.1 Å². The van der Waals surface area contributed by atoms with Gasteiger partial charge < -0.3 is 10.1 Å². The molecule has 1 atom stereocenters. The van der Waals surface area contributed by atoms with Gasteiger partial charge in [-0.3, -0.25) is 4.79 Å². The predicted octanol–water partition coefficient (Wildman–Crippen LogP) is 4.35. The second-order valence-electron chi connectivity index (χ2n) is 8.66. The van der Waals surface area contributed by atoms with Gasteiger partial charge in [0.15, 0.2) is 5.82 Å². The van der Waals surface area contributed by atoms with Crippen LogP contribution in [0.4, 0.5) is 0 Å². The standard InChI is InChI=1S/C28H26N4O2/c33-19-24-18-22-12-10-20(11-13-22)5-1-2-6-21-7-3-8-23(17-21)26-14-16-32(31-26)27-25(28(34)30-24)9-4-15-29-27/h3-4,7-17,19,24H,1-2,5-6,18H2,(H,30,34). The van der Waals surface area contributed by atoms with Gasteiger partial charge in [-0.05, 0) is 73.1 Å². The first-order valence-corrected chi connectivity index (χ1v) is 11.6. The number of nitrogens with zero attached hydrogens (tertiary/aromatic N) is 3. The van der Waals surface area contributed by atoms with E-state index in [0.29, 0.717) is 17.8 Å². The van der Waals surface area contributed by atoms with E-state index in [0.717, 1.165) is 48.8 Å². The zero-order valence-electron chi connectivity index (χ0n) is 18.9. The molecule has 4 aromatic rings. The number of hydrogen-bond donors (Lipinski definition) is 1. The average molecular weight is 451 g/mol. The molecule has 170 valence electrons. The van der Waals surface area contributed by atoms with Crippen LogP contribution in [0.3, 0.4) is 0 Å². The summed E-state index contributed by atoms with van der Waals surface area (Å²) < 4.78 is 1.61. The minimum atomic E-state index is -0.632. The molecule has 2 aliphatic rings. The number of aldehydes is 1. The number of aryl methyl sites for hydroxylation is 2. The summed E-state index contributed by atoms with van der Waals surface area (Å²) in [4.78, 5) is 29.3. The molecule has 6 heteroatoms. The Labute approximate surface area is 198 Å². The molecule has 1 N–H and O–H groups in total. The molecule has 6 bridgehead atoms. The van der Waals surface area contributed by atoms with E-state index in [4.69, 9.17) is 5.10 Å². The normalized spacial score (nSPS) is 16.4. The molecule has 1 unspecified atom stereocenters. The number of fused-ring (bicyclic) bond motifs is 8. The zero-order chi connectivity index (χ0) is 23.3. The number of amides is 1. The summed E-state index contributed by atoms with van der Waals surface area (Å²) in [5.41, 5.74) is 5.79. The summed E-state index contributed by atoms with van der Waals surface area (Å²) in [5, 5.41) is 7.55. The molecular formula is C28H26N4O2. The fraction of sp³-hybridized carbons (Fsp3) is 0.214. The number of benzene rings is 2. The van der Waals surface area contributed by atoms with Crippen LogP contribution in [-0.4, -0.2) is 33.0 Å². The van der Waals surface area contributed by atoms with Gasteiger partial charge >= 0.3 is 0 Å². The van der Waals surface area contributed by atoms with Crippen LogP contribution in [0, 0.1) is 0 Å². The van der Waals surface area contributed by atoms with Crippen molar-refractivity contribution in [2.24, 2.45) is 0 Å². The lowest BCUT2D eigenvalue weighted by molar-refractivity contribution is -0.109. The van der Waals surface area contributed by atoms with Gasteiger partial charge in [-0.1, -0.05) is 42.5 Å². The van der Waals surface area contributed by atoms with Crippen molar-refractivity contribution in [1.82, 2.24) is 20.1 Å². The van der Waals surface area contributed by atoms with Crippen LogP contribution < -0.4 is 5.32 Å². The smallest absolute Gasteiger partial charge is 0.255 e. The van der Waals surface area contributed by atoms with Gasteiger partial charge in [-0.2, -0.15) is 5.10 Å². The van der Waals surface area contributed by atoms with Gasteiger partial charge in [0, 0.05) is 18.0 Å². The molecule has 6 nitrogen and oxygen atoms in total. The Morgan fingerprint density at radius 2 is 1.71 bits per heavy atom. The van der Waals surface area contributed by atoms with Gasteiger partial charge in [0.05, 0.1) is 17.3 Å². The van der Waals surface area contributed by atoms with E-state index in [2.05, 4.69) is 40.6 Å². The number of hydrogen-bond acceptors (Lipinski definition) is 4. The molecule has 2 aliphatic heterocycles. The minimum Gasteiger partial charge on any atom is -0.342 e. The summed E-state index contributed by atoms with van der Waals surface area (Å²) >= 11 is 0. The van der Waals surface area contributed by atoms with Crippen molar-refractivity contribution in [2.75, 3.05) is 0 Å². The maximum atomic E-state index is 13.1. The Morgan fingerprint density at radius 3 is 2.53 bits per heavy atom. The number of rotatable bonds is 1. The van der Waals surface area contributed by atoms with E-state index < -0.39 is 6.04 Å². The van der Waals surface area contributed by atoms with Crippen LogP contribution in [-0.2, 0) is 24.1 Å². The molecule has 0 saturated carbocycles. The quantitative estimate of drug-likeness (QED) is 0.438. The highest BCUT2D eigenvalue weighted by molar-refractivity contribution is 5.98. The summed E-state index contributed by atoms with van der Waals surface area (Å²) in [6.07, 6.45) is 8.90. The van der Waals surface area contributed by atoms with Gasteiger partial charge in [0.1, 0.15) is 6.29 Å². The monoisotopic (exact) mass is 450 g/mol. The van der Waals surface area contributed by atoms with E-state index in [-0.39, 0.29) is 5.91 Å². The van der Waals surface area contributed by atoms with Crippen LogP contribution in [0.25, 0.3) is 17.1 Å². The number of aromatic nitrogens is 3. The fourth-order valence-corrected chi connectivity index (χ4v) is 4.37. The highest BCUT2D eigenvalue weighted by atomic mass is 16.2. The number of pyridine rings is 1. The lowest BCUT2D eigenvalue weighted by Gasteiger charge is -2.15. The summed E-state index contributed by atoms with van der Waals surface area (Å²) in [5.74, 6) is 0.0658. The maximum absolute atomic E-state index is 13.1. The molecule has 0 fully saturated rings. The third-order valence-electron chi connectivity index (χ3n) is 6.20. The third kappa shape index (κ3) is 4.81. The van der Waals surface area contributed by atoms with Crippen molar-refractivity contribution >= 4 is 12.2 Å². The fourth-order valence-electron chi connectivity index (χ4n) is 4.37. The molecule has 6 rings (SSSR count). The van der Waals surface area contributed by atoms with E-state index >= 15 is 0 Å². The van der Waals surface area contributed by atoms with Crippen molar-refractivity contribution in [1.29, 1.82) is 0 Å². The second kappa shape index (κ2) is 9.83. The van der Waals surface area contributed by atoms with Gasteiger partial charge in [0.25, 0.3) is 5.91 Å². The zero-order valence-corrected chi connectivity index (χ0v) is 18.9. The van der Waals surface area contributed by atoms with Crippen LogP contribution in [0.2, 0.25) is 0 Å². The largest absolute Gasteiger partial charge is 0.342 e. The van der Waals surface area contributed by atoms with Crippen molar-refractivity contribution in [3.63, 3.8) is 0 Å². The Kier molecular flexibility index (Phi) is 6.29. The van der Waals surface area contributed by atoms with Gasteiger partial charge in [0.2, 0.25) is 0 Å². The average Bonchev–Trinajstić information content (AvgIpc) is 3.37. The van der Waals surface area contributed by atoms with Crippen molar-refractivity contribution in [3.05, 3.63) is 101 Å². The van der Waals surface area contributed by atoms with E-state index in [9.17, 15) is 9.59 Å². The third-order valence-corrected chi connectivity index (χ3v) is 6.20. The highest BCUT2D eigenvalue weighted by Crippen LogP contribution is 2.22. The molecular weight excluding hydrogens is 424 g/mol. The minimum absolute atomic E-state index is 0.356. The van der Waals surface area contributed by atoms with Crippen molar-refractivity contribution in [2.45, 2.75) is 38.1 Å². The van der Waals surface area contributed by atoms with Crippen molar-refractivity contribution in [3.8, 4) is 17.1 Å². The molecule has 4 heterocycles. The van der Waals surface area contributed by atoms with Crippen LogP contribution in [0.1, 0.15) is 39.9 Å². The van der Waals surface area contributed by atoms with Crippen LogP contribution >= 0.6 is 0 Å². The van der Waals surface area contributed by atoms with Gasteiger partial charge in [-0.25, -0.2) is 9.67 Å². The van der Waals surface area contributed by atoms with Gasteiger partial charge in [-0.15, -0.1) is 0 Å². The van der Waals surface area contributed by atoms with Crippen LogP contribution in [0.15, 0.2) is 79.1 Å². The lowest BCUT2D eigenvalue weighted by Crippen LogP contribution is -2.38. The maximum Gasteiger partial charge on any atom is 0.255 e. The SMILES string of the molecule is O=CC1Cc2ccc(cc2)CCCCc2cccc(c2)-c2ccn(n2)-c2ncccc2C(=O)N1. The molecule has 2 aromatic heterocycles. The van der Waals surface area contributed by atoms with Crippen LogP contribution in [0.5, 0.6) is 0 Å². The first-order chi connectivity index (χ1) is 16.7. The summed E-state index contributed by atoms with van der Waals surface area (Å²) in [7, 11) is 0. The molecule has 34 heavy (non-hydrogen) atoms. The molecule has 0 radical (unpaired) electrons. The summed E-state index contributed by atoms with van der Waals surface area (Å²) in [6, 6.07) is 21.5. The Hall–Kier alpha value is -4.06. The molecule has 0 spiro atoms. The number of nitrogens with one attached hydrogen (secondary N) is 1. The first-order valence-electron chi connectivity index (χ1n) is 11.6. The molecule has 2 aromatic carbocycles. The number of carbonyl (C=O) groups excluding carboxylic acids is 2. The highest BCUT2D eigenvalue weighted by Gasteiger charge is 2.19. The van der Waals surface area contributed by atoms with E-state index in [1.807, 2.05) is 30.5 Å². The summed E-state index contributed by atoms with van der Waals surface area (Å²) in [6.45, 7) is 0. The Morgan fingerprint density at radius 1 is 0.912 bits per heavy atom.